The molecule has 0 spiro atoms. The van der Waals surface area contributed by atoms with E-state index in [2.05, 4.69) is 0 Å². The van der Waals surface area contributed by atoms with Crippen LogP contribution in [0.4, 0.5) is 0 Å². The minimum absolute atomic E-state index is 0.248. The predicted molar refractivity (Wildman–Crippen MR) is 86.7 cm³/mol. The lowest BCUT2D eigenvalue weighted by molar-refractivity contribution is 0.327. The molecule has 0 radical (unpaired) electrons. The van der Waals surface area contributed by atoms with Gasteiger partial charge in [0.1, 0.15) is 0 Å². The Bertz CT molecular complexity index is 734. The van der Waals surface area contributed by atoms with Crippen molar-refractivity contribution in [2.24, 2.45) is 0 Å². The molecule has 0 atom stereocenters. The van der Waals surface area contributed by atoms with Gasteiger partial charge in [0.05, 0.1) is 5.56 Å². The summed E-state index contributed by atoms with van der Waals surface area (Å²) in [5.74, 6) is -4.34. The number of phenolic OH excluding ortho intramolecular Hbond substituents is 5. The van der Waals surface area contributed by atoms with E-state index in [0.29, 0.717) is 4.86 Å². The van der Waals surface area contributed by atoms with Crippen molar-refractivity contribution in [3.8, 4) is 28.7 Å². The van der Waals surface area contributed by atoms with Crippen molar-refractivity contribution in [2.45, 2.75) is 6.92 Å². The van der Waals surface area contributed by atoms with E-state index in [0.717, 1.165) is 11.1 Å². The Balaban J connectivity index is 2.38. The number of hydrogen-bond acceptors (Lipinski definition) is 6. The predicted octanol–water partition coefficient (Wildman–Crippen LogP) is 2.95. The number of aromatic hydroxyl groups is 5. The second-order valence-corrected chi connectivity index (χ2v) is 5.16. The summed E-state index contributed by atoms with van der Waals surface area (Å²) in [4.78, 5) is 0.436. The molecular formula is C16H14O5S. The maximum Gasteiger partial charge on any atom is 0.208 e. The zero-order valence-electron chi connectivity index (χ0n) is 11.6. The van der Waals surface area contributed by atoms with Crippen molar-refractivity contribution in [2.75, 3.05) is 0 Å². The molecule has 0 aromatic heterocycles. The highest BCUT2D eigenvalue weighted by atomic mass is 32.1. The monoisotopic (exact) mass is 318 g/mol. The van der Waals surface area contributed by atoms with Crippen molar-refractivity contribution >= 4 is 23.2 Å². The molecular weight excluding hydrogens is 304 g/mol. The van der Waals surface area contributed by atoms with Gasteiger partial charge in [-0.15, -0.1) is 0 Å². The Morgan fingerprint density at radius 2 is 1.27 bits per heavy atom. The minimum Gasteiger partial charge on any atom is -0.504 e. The van der Waals surface area contributed by atoms with Crippen LogP contribution in [0.15, 0.2) is 30.3 Å². The van der Waals surface area contributed by atoms with Gasteiger partial charge < -0.3 is 25.5 Å². The number of rotatable bonds is 3. The van der Waals surface area contributed by atoms with E-state index in [4.69, 9.17) is 12.2 Å². The standard InChI is InChI=1S/C16H14O5S/c1-8-2-4-9(5-3-8)11(22)7-6-10-12(17)14(19)16(21)15(20)13(10)18/h2-7,17-21H,1H3. The molecule has 2 aromatic carbocycles. The third-order valence-electron chi connectivity index (χ3n) is 3.14. The van der Waals surface area contributed by atoms with Gasteiger partial charge in [-0.2, -0.15) is 0 Å². The fraction of sp³-hybridized carbons (Fsp3) is 0.0625. The van der Waals surface area contributed by atoms with Crippen LogP contribution in [0.25, 0.3) is 6.08 Å². The van der Waals surface area contributed by atoms with Crippen molar-refractivity contribution in [1.82, 2.24) is 0 Å². The molecule has 0 amide bonds. The lowest BCUT2D eigenvalue weighted by Gasteiger charge is -2.09. The van der Waals surface area contributed by atoms with E-state index in [1.165, 1.54) is 12.2 Å². The van der Waals surface area contributed by atoms with Crippen molar-refractivity contribution in [1.29, 1.82) is 0 Å². The topological polar surface area (TPSA) is 101 Å². The zero-order valence-corrected chi connectivity index (χ0v) is 12.4. The summed E-state index contributed by atoms with van der Waals surface area (Å²) >= 11 is 5.22. The van der Waals surface area contributed by atoms with Crippen LogP contribution in [0.5, 0.6) is 28.7 Å². The molecule has 0 fully saturated rings. The Labute approximate surface area is 132 Å². The average Bonchev–Trinajstić information content (AvgIpc) is 2.51. The summed E-state index contributed by atoms with van der Waals surface area (Å²) in [7, 11) is 0. The van der Waals surface area contributed by atoms with E-state index in [1.54, 1.807) is 0 Å². The highest BCUT2D eigenvalue weighted by Gasteiger charge is 2.21. The molecule has 0 aliphatic heterocycles. The van der Waals surface area contributed by atoms with E-state index < -0.39 is 28.7 Å². The maximum absolute atomic E-state index is 9.73. The lowest BCUT2D eigenvalue weighted by Crippen LogP contribution is -1.92. The first-order valence-corrected chi connectivity index (χ1v) is 6.71. The summed E-state index contributed by atoms with van der Waals surface area (Å²) in [5.41, 5.74) is 1.60. The Kier molecular flexibility index (Phi) is 4.23. The van der Waals surface area contributed by atoms with E-state index >= 15 is 0 Å². The number of phenols is 5. The van der Waals surface area contributed by atoms with Gasteiger partial charge in [0, 0.05) is 4.86 Å². The first kappa shape index (κ1) is 15.7. The molecule has 0 aliphatic rings. The largest absolute Gasteiger partial charge is 0.504 e. The van der Waals surface area contributed by atoms with E-state index in [9.17, 15) is 25.5 Å². The Hall–Kier alpha value is -2.73. The van der Waals surface area contributed by atoms with Crippen molar-refractivity contribution in [3.05, 3.63) is 47.0 Å². The Morgan fingerprint density at radius 3 is 1.77 bits per heavy atom. The molecule has 5 N–H and O–H groups in total. The number of benzene rings is 2. The molecule has 5 nitrogen and oxygen atoms in total. The van der Waals surface area contributed by atoms with Crippen molar-refractivity contribution in [3.63, 3.8) is 0 Å². The normalized spacial score (nSPS) is 11.0. The fourth-order valence-electron chi connectivity index (χ4n) is 1.83. The van der Waals surface area contributed by atoms with Gasteiger partial charge in [-0.25, -0.2) is 0 Å². The number of aryl methyl sites for hydroxylation is 1. The molecule has 2 rings (SSSR count). The summed E-state index contributed by atoms with van der Waals surface area (Å²) in [6.07, 6.45) is 2.68. The van der Waals surface area contributed by atoms with Crippen LogP contribution in [0.2, 0.25) is 0 Å². The van der Waals surface area contributed by atoms with Gasteiger partial charge >= 0.3 is 0 Å². The molecule has 114 valence electrons. The van der Waals surface area contributed by atoms with Crippen LogP contribution in [-0.2, 0) is 0 Å². The van der Waals surface area contributed by atoms with Gasteiger partial charge in [-0.1, -0.05) is 42.0 Å². The van der Waals surface area contributed by atoms with Gasteiger partial charge in [0.25, 0.3) is 0 Å². The van der Waals surface area contributed by atoms with Gasteiger partial charge in [0.2, 0.25) is 17.2 Å². The smallest absolute Gasteiger partial charge is 0.208 e. The third kappa shape index (κ3) is 2.82. The highest BCUT2D eigenvalue weighted by molar-refractivity contribution is 7.81. The SMILES string of the molecule is Cc1ccc(C(=S)C=Cc2c(O)c(O)c(O)c(O)c2O)cc1. The fourth-order valence-corrected chi connectivity index (χ4v) is 2.04. The number of hydrogen-bond donors (Lipinski definition) is 5. The molecule has 0 bridgehead atoms. The van der Waals surface area contributed by atoms with Crippen LogP contribution in [-0.4, -0.2) is 30.4 Å². The first-order valence-electron chi connectivity index (χ1n) is 6.30. The van der Waals surface area contributed by atoms with Crippen LogP contribution in [0, 0.1) is 6.92 Å². The van der Waals surface area contributed by atoms with Crippen LogP contribution in [0.3, 0.4) is 0 Å². The second-order valence-electron chi connectivity index (χ2n) is 4.72. The summed E-state index contributed by atoms with van der Waals surface area (Å²) in [6.45, 7) is 1.95. The number of thiocarbonyl (C=S) groups is 1. The molecule has 22 heavy (non-hydrogen) atoms. The summed E-state index contributed by atoms with van der Waals surface area (Å²) in [6, 6.07) is 7.44. The van der Waals surface area contributed by atoms with Crippen LogP contribution in [0.1, 0.15) is 16.7 Å². The second kappa shape index (κ2) is 5.95. The molecule has 0 unspecified atom stereocenters. The van der Waals surface area contributed by atoms with E-state index in [1.807, 2.05) is 31.2 Å². The minimum atomic E-state index is -0.992. The molecule has 0 aliphatic carbocycles. The van der Waals surface area contributed by atoms with Crippen molar-refractivity contribution < 1.29 is 25.5 Å². The van der Waals surface area contributed by atoms with Gasteiger partial charge in [-0.05, 0) is 24.6 Å². The van der Waals surface area contributed by atoms with Crippen LogP contribution < -0.4 is 0 Å². The molecule has 0 saturated heterocycles. The molecule has 2 aromatic rings. The molecule has 6 heteroatoms. The summed E-state index contributed by atoms with van der Waals surface area (Å²) < 4.78 is 0. The third-order valence-corrected chi connectivity index (χ3v) is 3.52. The first-order chi connectivity index (χ1) is 10.3. The lowest BCUT2D eigenvalue weighted by atomic mass is 10.1. The number of allylic oxidation sites excluding steroid dienone is 1. The molecule has 0 saturated carbocycles. The maximum atomic E-state index is 9.73. The van der Waals surface area contributed by atoms with E-state index in [-0.39, 0.29) is 5.56 Å². The van der Waals surface area contributed by atoms with Gasteiger partial charge in [-0.3, -0.25) is 0 Å². The van der Waals surface area contributed by atoms with Gasteiger partial charge in [0.15, 0.2) is 11.5 Å². The Morgan fingerprint density at radius 1 is 0.818 bits per heavy atom. The quantitative estimate of drug-likeness (QED) is 0.196. The zero-order chi connectivity index (χ0) is 16.4. The molecule has 0 heterocycles. The average molecular weight is 318 g/mol. The summed E-state index contributed by atoms with van der Waals surface area (Å²) in [5, 5.41) is 47.7. The highest BCUT2D eigenvalue weighted by Crippen LogP contribution is 2.51. The van der Waals surface area contributed by atoms with Crippen LogP contribution >= 0.6 is 12.2 Å².